The van der Waals surface area contributed by atoms with Gasteiger partial charge in [0.25, 0.3) is 0 Å². The van der Waals surface area contributed by atoms with Crippen LogP contribution in [0.2, 0.25) is 0 Å². The molecule has 0 spiro atoms. The molecule has 26 heavy (non-hydrogen) atoms. The molecule has 1 aromatic carbocycles. The number of aromatic nitrogens is 1. The van der Waals surface area contributed by atoms with Crippen molar-refractivity contribution in [1.82, 2.24) is 4.98 Å². The van der Waals surface area contributed by atoms with Crippen LogP contribution in [0.15, 0.2) is 46.4 Å². The van der Waals surface area contributed by atoms with E-state index in [0.717, 1.165) is 5.01 Å². The van der Waals surface area contributed by atoms with Crippen molar-refractivity contribution in [3.63, 3.8) is 0 Å². The molecule has 3 rings (SSSR count). The quantitative estimate of drug-likeness (QED) is 0.455. The van der Waals surface area contributed by atoms with Gasteiger partial charge in [-0.15, -0.1) is 11.3 Å². The number of hydrogen-bond acceptors (Lipinski definition) is 7. The molecule has 0 bridgehead atoms. The third-order valence-corrected chi connectivity index (χ3v) is 4.48. The van der Waals surface area contributed by atoms with E-state index in [1.165, 1.54) is 38.7 Å². The summed E-state index contributed by atoms with van der Waals surface area (Å²) in [5.41, 5.74) is 1.11. The van der Waals surface area contributed by atoms with Crippen LogP contribution in [0.1, 0.15) is 16.1 Å². The van der Waals surface area contributed by atoms with Crippen LogP contribution in [0.25, 0.3) is 16.8 Å². The van der Waals surface area contributed by atoms with Gasteiger partial charge >= 0.3 is 0 Å². The molecule has 0 radical (unpaired) electrons. The van der Waals surface area contributed by atoms with Crippen LogP contribution in [-0.4, -0.2) is 32.1 Å². The van der Waals surface area contributed by atoms with Gasteiger partial charge in [-0.25, -0.2) is 4.98 Å². The lowest BCUT2D eigenvalue weighted by Gasteiger charge is -2.13. The van der Waals surface area contributed by atoms with Crippen LogP contribution >= 0.6 is 11.3 Å². The third kappa shape index (κ3) is 3.62. The van der Waals surface area contributed by atoms with Gasteiger partial charge in [0.2, 0.25) is 5.75 Å². The Balaban J connectivity index is 1.82. The second kappa shape index (κ2) is 7.88. The molecule has 2 heterocycles. The first-order valence-electron chi connectivity index (χ1n) is 7.68. The maximum absolute atomic E-state index is 12.5. The van der Waals surface area contributed by atoms with E-state index in [0.29, 0.717) is 34.3 Å². The van der Waals surface area contributed by atoms with Gasteiger partial charge in [0.1, 0.15) is 0 Å². The molecule has 0 N–H and O–H groups in total. The standard InChI is InChI=1S/C19H17NO5S/c1-22-16-9-12(10-17(23-2)18(16)24-3)14(21)7-6-13-11-26-19(20-13)15-5-4-8-25-15/h4-11H,1-3H3. The molecule has 0 saturated carbocycles. The number of methoxy groups -OCH3 is 3. The van der Waals surface area contributed by atoms with Crippen molar-refractivity contribution in [3.05, 3.63) is 53.2 Å². The fourth-order valence-electron chi connectivity index (χ4n) is 2.36. The first kappa shape index (κ1) is 17.8. The maximum atomic E-state index is 12.5. The van der Waals surface area contributed by atoms with E-state index < -0.39 is 0 Å². The van der Waals surface area contributed by atoms with Crippen molar-refractivity contribution >= 4 is 23.2 Å². The highest BCUT2D eigenvalue weighted by atomic mass is 32.1. The molecule has 0 aliphatic heterocycles. The molecule has 6 nitrogen and oxygen atoms in total. The number of carbonyl (C=O) groups is 1. The first-order valence-corrected chi connectivity index (χ1v) is 8.56. The number of hydrogen-bond donors (Lipinski definition) is 0. The minimum absolute atomic E-state index is 0.197. The SMILES string of the molecule is COc1cc(C(=O)C=Cc2csc(-c3ccco3)n2)cc(OC)c1OC. The van der Waals surface area contributed by atoms with Crippen LogP contribution in [0.3, 0.4) is 0 Å². The Labute approximate surface area is 154 Å². The average Bonchev–Trinajstić information content (AvgIpc) is 3.36. The normalized spacial score (nSPS) is 10.9. The lowest BCUT2D eigenvalue weighted by Crippen LogP contribution is -2.00. The largest absolute Gasteiger partial charge is 0.493 e. The van der Waals surface area contributed by atoms with E-state index >= 15 is 0 Å². The molecule has 0 amide bonds. The van der Waals surface area contributed by atoms with Crippen LogP contribution in [0.5, 0.6) is 17.2 Å². The molecule has 0 fully saturated rings. The second-order valence-corrected chi connectivity index (χ2v) is 6.02. The zero-order valence-corrected chi connectivity index (χ0v) is 15.3. The van der Waals surface area contributed by atoms with E-state index in [2.05, 4.69) is 4.98 Å². The summed E-state index contributed by atoms with van der Waals surface area (Å²) in [4.78, 5) is 16.9. The Hall–Kier alpha value is -3.06. The minimum atomic E-state index is -0.197. The van der Waals surface area contributed by atoms with Crippen LogP contribution in [0.4, 0.5) is 0 Å². The van der Waals surface area contributed by atoms with E-state index in [-0.39, 0.29) is 5.78 Å². The number of thiazole rings is 1. The van der Waals surface area contributed by atoms with Crippen molar-refractivity contribution < 1.29 is 23.4 Å². The number of rotatable bonds is 7. The van der Waals surface area contributed by atoms with Crippen molar-refractivity contribution in [2.24, 2.45) is 0 Å². The number of benzene rings is 1. The summed E-state index contributed by atoms with van der Waals surface area (Å²) in [6.45, 7) is 0. The van der Waals surface area contributed by atoms with Gasteiger partial charge in [0.05, 0.1) is 33.3 Å². The topological polar surface area (TPSA) is 70.8 Å². The average molecular weight is 371 g/mol. The number of ether oxygens (including phenoxy) is 3. The summed E-state index contributed by atoms with van der Waals surface area (Å²) in [6.07, 6.45) is 4.72. The highest BCUT2D eigenvalue weighted by Gasteiger charge is 2.16. The number of nitrogens with zero attached hydrogens (tertiary/aromatic N) is 1. The summed E-state index contributed by atoms with van der Waals surface area (Å²) >= 11 is 1.45. The molecule has 0 aliphatic rings. The molecule has 7 heteroatoms. The summed E-state index contributed by atoms with van der Waals surface area (Å²) < 4.78 is 21.1. The molecule has 134 valence electrons. The number of carbonyl (C=O) groups excluding carboxylic acids is 1. The van der Waals surface area contributed by atoms with Crippen molar-refractivity contribution in [1.29, 1.82) is 0 Å². The monoisotopic (exact) mass is 371 g/mol. The fraction of sp³-hybridized carbons (Fsp3) is 0.158. The lowest BCUT2D eigenvalue weighted by atomic mass is 10.1. The Morgan fingerprint density at radius 2 is 1.88 bits per heavy atom. The van der Waals surface area contributed by atoms with Gasteiger partial charge in [-0.05, 0) is 36.4 Å². The Kier molecular flexibility index (Phi) is 5.38. The highest BCUT2D eigenvalue weighted by molar-refractivity contribution is 7.13. The summed E-state index contributed by atoms with van der Waals surface area (Å²) in [5.74, 6) is 1.80. The number of ketones is 1. The third-order valence-electron chi connectivity index (χ3n) is 3.61. The van der Waals surface area contributed by atoms with E-state index in [1.54, 1.807) is 30.5 Å². The molecule has 2 aromatic heterocycles. The molecule has 0 atom stereocenters. The van der Waals surface area contributed by atoms with Gasteiger partial charge in [-0.1, -0.05) is 0 Å². The van der Waals surface area contributed by atoms with Gasteiger partial charge in [-0.3, -0.25) is 4.79 Å². The first-order chi connectivity index (χ1) is 12.7. The van der Waals surface area contributed by atoms with Crippen molar-refractivity contribution in [2.45, 2.75) is 0 Å². The summed E-state index contributed by atoms with van der Waals surface area (Å²) in [5, 5.41) is 2.62. The van der Waals surface area contributed by atoms with Gasteiger partial charge in [0, 0.05) is 10.9 Å². The second-order valence-electron chi connectivity index (χ2n) is 5.17. The van der Waals surface area contributed by atoms with Gasteiger partial charge in [-0.2, -0.15) is 0 Å². The van der Waals surface area contributed by atoms with Crippen LogP contribution in [-0.2, 0) is 0 Å². The number of allylic oxidation sites excluding steroid dienone is 1. The zero-order valence-electron chi connectivity index (χ0n) is 14.5. The predicted octanol–water partition coefficient (Wildman–Crippen LogP) is 4.33. The van der Waals surface area contributed by atoms with E-state index in [4.69, 9.17) is 18.6 Å². The van der Waals surface area contributed by atoms with Crippen molar-refractivity contribution in [3.8, 4) is 28.0 Å². The Bertz CT molecular complexity index is 902. The van der Waals surface area contributed by atoms with Gasteiger partial charge in [0.15, 0.2) is 28.1 Å². The fourth-order valence-corrected chi connectivity index (χ4v) is 3.11. The molecule has 0 saturated heterocycles. The van der Waals surface area contributed by atoms with E-state index in [1.807, 2.05) is 11.4 Å². The zero-order chi connectivity index (χ0) is 18.5. The molecule has 3 aromatic rings. The molecule has 0 aliphatic carbocycles. The lowest BCUT2D eigenvalue weighted by molar-refractivity contribution is 0.104. The van der Waals surface area contributed by atoms with Crippen LogP contribution < -0.4 is 14.2 Å². The van der Waals surface area contributed by atoms with Gasteiger partial charge < -0.3 is 18.6 Å². The van der Waals surface area contributed by atoms with Crippen LogP contribution in [0, 0.1) is 0 Å². The molecule has 0 unspecified atom stereocenters. The molecular weight excluding hydrogens is 354 g/mol. The predicted molar refractivity (Wildman–Crippen MR) is 99.3 cm³/mol. The Morgan fingerprint density at radius 3 is 2.46 bits per heavy atom. The Morgan fingerprint density at radius 1 is 1.15 bits per heavy atom. The summed E-state index contributed by atoms with van der Waals surface area (Å²) in [6, 6.07) is 6.88. The molecular formula is C19H17NO5S. The van der Waals surface area contributed by atoms with Crippen molar-refractivity contribution in [2.75, 3.05) is 21.3 Å². The highest BCUT2D eigenvalue weighted by Crippen LogP contribution is 2.38. The maximum Gasteiger partial charge on any atom is 0.203 e. The minimum Gasteiger partial charge on any atom is -0.493 e. The van der Waals surface area contributed by atoms with E-state index in [9.17, 15) is 4.79 Å². The number of furan rings is 1. The summed E-state index contributed by atoms with van der Waals surface area (Å²) in [7, 11) is 4.53. The smallest absolute Gasteiger partial charge is 0.203 e.